The average molecular weight is 554 g/mol. The maximum absolute atomic E-state index is 12.5. The van der Waals surface area contributed by atoms with Crippen molar-refractivity contribution in [2.24, 2.45) is 0 Å². The summed E-state index contributed by atoms with van der Waals surface area (Å²) in [5.74, 6) is 2.54. The maximum atomic E-state index is 12.5. The summed E-state index contributed by atoms with van der Waals surface area (Å²) in [6.45, 7) is 6.33. The fraction of sp³-hybridized carbons (Fsp3) is 0.281. The number of ether oxygens (including phenoxy) is 1. The number of amides is 1. The molecule has 0 bridgehead atoms. The van der Waals surface area contributed by atoms with E-state index in [1.54, 1.807) is 18.9 Å². The third-order valence-corrected chi connectivity index (χ3v) is 7.95. The van der Waals surface area contributed by atoms with Gasteiger partial charge in [-0.15, -0.1) is 0 Å². The Kier molecular flexibility index (Phi) is 9.18. The van der Waals surface area contributed by atoms with E-state index in [-0.39, 0.29) is 5.91 Å². The van der Waals surface area contributed by atoms with Crippen LogP contribution in [-0.4, -0.2) is 49.2 Å². The number of piperazine rings is 1. The van der Waals surface area contributed by atoms with Crippen molar-refractivity contribution in [1.29, 1.82) is 0 Å². The Hall–Kier alpha value is -4.04. The summed E-state index contributed by atoms with van der Waals surface area (Å²) in [5, 5.41) is 3.77. The van der Waals surface area contributed by atoms with Gasteiger partial charge in [0.15, 0.2) is 5.16 Å². The Balaban J connectivity index is 1.16. The van der Waals surface area contributed by atoms with Gasteiger partial charge in [0, 0.05) is 61.5 Å². The lowest BCUT2D eigenvalue weighted by Crippen LogP contribution is -2.46. The van der Waals surface area contributed by atoms with E-state index in [4.69, 9.17) is 14.7 Å². The molecule has 206 valence electrons. The fourth-order valence-corrected chi connectivity index (χ4v) is 5.46. The molecule has 0 spiro atoms. The van der Waals surface area contributed by atoms with E-state index in [0.29, 0.717) is 12.1 Å². The summed E-state index contributed by atoms with van der Waals surface area (Å²) in [5.41, 5.74) is 5.13. The van der Waals surface area contributed by atoms with Crippen LogP contribution in [0.4, 0.5) is 11.5 Å². The van der Waals surface area contributed by atoms with Crippen LogP contribution < -0.4 is 19.9 Å². The molecule has 1 N–H and O–H groups in total. The molecule has 1 aliphatic heterocycles. The Morgan fingerprint density at radius 1 is 0.875 bits per heavy atom. The zero-order valence-corrected chi connectivity index (χ0v) is 23.9. The third kappa shape index (κ3) is 7.12. The quantitative estimate of drug-likeness (QED) is 0.203. The normalized spacial score (nSPS) is 13.2. The molecule has 2 heterocycles. The molecular formula is C32H35N5O2S. The van der Waals surface area contributed by atoms with Crippen molar-refractivity contribution >= 4 is 29.2 Å². The third-order valence-electron chi connectivity index (χ3n) is 7.03. The number of anilines is 2. The van der Waals surface area contributed by atoms with Crippen molar-refractivity contribution in [2.45, 2.75) is 30.8 Å². The lowest BCUT2D eigenvalue weighted by molar-refractivity contribution is 0.0951. The SMILES string of the molecule is CCc1cc(N2CCN(c3ccc(OC)cc3)CC2)nc(SCc2ccc(C(=O)NCc3ccccc3)cc2)n1. The van der Waals surface area contributed by atoms with E-state index in [1.165, 1.54) is 5.69 Å². The molecule has 3 aromatic carbocycles. The molecule has 7 nitrogen and oxygen atoms in total. The van der Waals surface area contributed by atoms with Crippen LogP contribution in [0.2, 0.25) is 0 Å². The molecule has 40 heavy (non-hydrogen) atoms. The van der Waals surface area contributed by atoms with E-state index in [1.807, 2.05) is 66.7 Å². The molecule has 0 atom stereocenters. The van der Waals surface area contributed by atoms with Crippen LogP contribution in [0.1, 0.15) is 34.1 Å². The molecule has 1 amide bonds. The van der Waals surface area contributed by atoms with Gasteiger partial charge in [0.25, 0.3) is 5.91 Å². The summed E-state index contributed by atoms with van der Waals surface area (Å²) < 4.78 is 5.29. The highest BCUT2D eigenvalue weighted by Crippen LogP contribution is 2.26. The second kappa shape index (κ2) is 13.3. The Morgan fingerprint density at radius 3 is 2.25 bits per heavy atom. The number of carbonyl (C=O) groups is 1. The second-order valence-corrected chi connectivity index (χ2v) is 10.6. The maximum Gasteiger partial charge on any atom is 0.251 e. The number of hydrogen-bond donors (Lipinski definition) is 1. The van der Waals surface area contributed by atoms with E-state index in [2.05, 4.69) is 40.2 Å². The van der Waals surface area contributed by atoms with Crippen LogP contribution in [0, 0.1) is 0 Å². The van der Waals surface area contributed by atoms with Gasteiger partial charge in [-0.2, -0.15) is 0 Å². The van der Waals surface area contributed by atoms with Crippen LogP contribution in [0.3, 0.4) is 0 Å². The highest BCUT2D eigenvalue weighted by atomic mass is 32.2. The first-order chi connectivity index (χ1) is 19.6. The number of benzene rings is 3. The van der Waals surface area contributed by atoms with Crippen LogP contribution in [0.25, 0.3) is 0 Å². The van der Waals surface area contributed by atoms with Gasteiger partial charge in [0.1, 0.15) is 11.6 Å². The molecule has 1 aliphatic rings. The smallest absolute Gasteiger partial charge is 0.251 e. The van der Waals surface area contributed by atoms with Gasteiger partial charge >= 0.3 is 0 Å². The Bertz CT molecular complexity index is 1390. The minimum Gasteiger partial charge on any atom is -0.497 e. The standard InChI is InChI=1S/C32H35N5O2S/c1-3-27-21-30(37-19-17-36(18-20-37)28-13-15-29(39-2)16-14-28)35-32(34-27)40-23-25-9-11-26(12-10-25)31(38)33-22-24-7-5-4-6-8-24/h4-16,21H,3,17-20,22-23H2,1-2H3,(H,33,38). The number of methoxy groups -OCH3 is 1. The van der Waals surface area contributed by atoms with Gasteiger partial charge in [-0.3, -0.25) is 4.79 Å². The van der Waals surface area contributed by atoms with Crippen LogP contribution >= 0.6 is 11.8 Å². The average Bonchev–Trinajstić information content (AvgIpc) is 3.03. The van der Waals surface area contributed by atoms with Crippen molar-refractivity contribution in [3.05, 3.63) is 107 Å². The number of aryl methyl sites for hydroxylation is 1. The number of hydrogen-bond acceptors (Lipinski definition) is 7. The summed E-state index contributed by atoms with van der Waals surface area (Å²) in [7, 11) is 1.69. The van der Waals surface area contributed by atoms with Gasteiger partial charge < -0.3 is 19.9 Å². The monoisotopic (exact) mass is 553 g/mol. The minimum atomic E-state index is -0.0706. The first-order valence-electron chi connectivity index (χ1n) is 13.7. The van der Waals surface area contributed by atoms with Crippen LogP contribution in [-0.2, 0) is 18.7 Å². The van der Waals surface area contributed by atoms with E-state index < -0.39 is 0 Å². The van der Waals surface area contributed by atoms with Crippen molar-refractivity contribution in [3.8, 4) is 5.75 Å². The predicted octanol–water partition coefficient (Wildman–Crippen LogP) is 5.60. The summed E-state index contributed by atoms with van der Waals surface area (Å²) >= 11 is 1.63. The van der Waals surface area contributed by atoms with Gasteiger partial charge in [-0.1, -0.05) is 61.2 Å². The molecule has 5 rings (SSSR count). The first-order valence-corrected chi connectivity index (χ1v) is 14.7. The van der Waals surface area contributed by atoms with Crippen molar-refractivity contribution < 1.29 is 9.53 Å². The second-order valence-electron chi connectivity index (χ2n) is 9.68. The lowest BCUT2D eigenvalue weighted by atomic mass is 10.1. The summed E-state index contributed by atoms with van der Waals surface area (Å²) in [6, 6.07) is 28.1. The van der Waals surface area contributed by atoms with Crippen molar-refractivity contribution in [3.63, 3.8) is 0 Å². The first kappa shape index (κ1) is 27.5. The zero-order chi connectivity index (χ0) is 27.7. The van der Waals surface area contributed by atoms with Crippen LogP contribution in [0.5, 0.6) is 5.75 Å². The number of carbonyl (C=O) groups excluding carboxylic acids is 1. The van der Waals surface area contributed by atoms with E-state index in [9.17, 15) is 4.79 Å². The predicted molar refractivity (Wildman–Crippen MR) is 162 cm³/mol. The molecule has 0 radical (unpaired) electrons. The number of nitrogens with one attached hydrogen (secondary N) is 1. The summed E-state index contributed by atoms with van der Waals surface area (Å²) in [4.78, 5) is 27.0. The molecule has 0 unspecified atom stereocenters. The highest BCUT2D eigenvalue weighted by molar-refractivity contribution is 7.98. The van der Waals surface area contributed by atoms with E-state index in [0.717, 1.165) is 71.9 Å². The fourth-order valence-electron chi connectivity index (χ4n) is 4.63. The Labute approximate surface area is 240 Å². The number of nitrogens with zero attached hydrogens (tertiary/aromatic N) is 4. The number of aromatic nitrogens is 2. The molecule has 8 heteroatoms. The Morgan fingerprint density at radius 2 is 1.57 bits per heavy atom. The van der Waals surface area contributed by atoms with E-state index >= 15 is 0 Å². The van der Waals surface area contributed by atoms with Gasteiger partial charge in [-0.25, -0.2) is 9.97 Å². The minimum absolute atomic E-state index is 0.0706. The van der Waals surface area contributed by atoms with Gasteiger partial charge in [0.2, 0.25) is 0 Å². The van der Waals surface area contributed by atoms with Crippen molar-refractivity contribution in [1.82, 2.24) is 15.3 Å². The number of rotatable bonds is 10. The molecule has 1 aromatic heterocycles. The summed E-state index contributed by atoms with van der Waals surface area (Å²) in [6.07, 6.45) is 0.863. The molecule has 1 saturated heterocycles. The molecule has 0 aliphatic carbocycles. The van der Waals surface area contributed by atoms with Gasteiger partial charge in [-0.05, 0) is 53.9 Å². The van der Waals surface area contributed by atoms with Gasteiger partial charge in [0.05, 0.1) is 7.11 Å². The number of thioether (sulfide) groups is 1. The zero-order valence-electron chi connectivity index (χ0n) is 23.0. The largest absolute Gasteiger partial charge is 0.497 e. The molecule has 0 saturated carbocycles. The van der Waals surface area contributed by atoms with Crippen molar-refractivity contribution in [2.75, 3.05) is 43.1 Å². The highest BCUT2D eigenvalue weighted by Gasteiger charge is 2.20. The molecular weight excluding hydrogens is 518 g/mol. The lowest BCUT2D eigenvalue weighted by Gasteiger charge is -2.37. The molecule has 1 fully saturated rings. The van der Waals surface area contributed by atoms with Crippen LogP contribution in [0.15, 0.2) is 90.1 Å². The topological polar surface area (TPSA) is 70.6 Å². The molecule has 4 aromatic rings.